The number of carbonyl (C=O) groups is 2. The summed E-state index contributed by atoms with van der Waals surface area (Å²) in [5.74, 6) is -1.76. The maximum absolute atomic E-state index is 13.1. The van der Waals surface area contributed by atoms with Gasteiger partial charge in [-0.15, -0.1) is 13.2 Å². The fourth-order valence-corrected chi connectivity index (χ4v) is 2.67. The second-order valence-electron chi connectivity index (χ2n) is 5.77. The first kappa shape index (κ1) is 19.4. The van der Waals surface area contributed by atoms with Gasteiger partial charge in [-0.1, -0.05) is 30.3 Å². The number of benzene rings is 2. The Hall–Kier alpha value is -3.36. The third kappa shape index (κ3) is 4.48. The van der Waals surface area contributed by atoms with Crippen LogP contribution >= 0.6 is 0 Å². The normalized spacial score (nSPS) is 17.1. The predicted molar refractivity (Wildman–Crippen MR) is 89.5 cm³/mol. The summed E-state index contributed by atoms with van der Waals surface area (Å²) in [5.41, 5.74) is 0.480. The van der Waals surface area contributed by atoms with Crippen LogP contribution < -0.4 is 4.74 Å². The fourth-order valence-electron chi connectivity index (χ4n) is 2.67. The molecular weight excluding hydrogens is 382 g/mol. The third-order valence-corrected chi connectivity index (χ3v) is 3.92. The van der Waals surface area contributed by atoms with E-state index in [-0.39, 0.29) is 12.2 Å². The number of halogens is 4. The molecule has 0 saturated carbocycles. The molecule has 3 rings (SSSR count). The Kier molecular flexibility index (Phi) is 5.34. The van der Waals surface area contributed by atoms with E-state index in [0.29, 0.717) is 5.56 Å². The van der Waals surface area contributed by atoms with E-state index in [4.69, 9.17) is 4.74 Å². The van der Waals surface area contributed by atoms with Crippen LogP contribution in [0.5, 0.6) is 5.75 Å². The highest BCUT2D eigenvalue weighted by atomic mass is 19.4. The summed E-state index contributed by atoms with van der Waals surface area (Å²) in [4.78, 5) is 25.2. The van der Waals surface area contributed by atoms with Gasteiger partial charge in [0.15, 0.2) is 0 Å². The SMILES string of the molecule is O=C(/C=C/c1ccccc1OC(F)(F)F)N1C(=O)OC[C@@H]1c1ccc(F)cc1. The van der Waals surface area contributed by atoms with Gasteiger partial charge in [0, 0.05) is 11.6 Å². The summed E-state index contributed by atoms with van der Waals surface area (Å²) in [5, 5.41) is 0. The van der Waals surface area contributed by atoms with Crippen LogP contribution in [0, 0.1) is 5.82 Å². The average Bonchev–Trinajstić information content (AvgIpc) is 3.02. The van der Waals surface area contributed by atoms with Crippen molar-refractivity contribution >= 4 is 18.1 Å². The fraction of sp³-hybridized carbons (Fsp3) is 0.158. The Morgan fingerprint density at radius 3 is 2.50 bits per heavy atom. The van der Waals surface area contributed by atoms with E-state index in [1.165, 1.54) is 42.5 Å². The van der Waals surface area contributed by atoms with Crippen LogP contribution in [0.3, 0.4) is 0 Å². The lowest BCUT2D eigenvalue weighted by Crippen LogP contribution is -2.32. The van der Waals surface area contributed by atoms with Gasteiger partial charge in [0.25, 0.3) is 5.91 Å². The summed E-state index contributed by atoms with van der Waals surface area (Å²) < 4.78 is 59.3. The zero-order valence-electron chi connectivity index (χ0n) is 14.2. The van der Waals surface area contributed by atoms with Crippen molar-refractivity contribution in [2.75, 3.05) is 6.61 Å². The van der Waals surface area contributed by atoms with Crippen LogP contribution in [-0.4, -0.2) is 29.9 Å². The Morgan fingerprint density at radius 1 is 1.14 bits per heavy atom. The number of hydrogen-bond acceptors (Lipinski definition) is 4. The van der Waals surface area contributed by atoms with Crippen molar-refractivity contribution in [2.45, 2.75) is 12.4 Å². The Morgan fingerprint density at radius 2 is 1.82 bits per heavy atom. The molecule has 2 aromatic carbocycles. The highest BCUT2D eigenvalue weighted by Crippen LogP contribution is 2.30. The highest BCUT2D eigenvalue weighted by Gasteiger charge is 2.38. The number of ether oxygens (including phenoxy) is 2. The number of alkyl halides is 3. The molecule has 1 aliphatic heterocycles. The second kappa shape index (κ2) is 7.71. The van der Waals surface area contributed by atoms with Gasteiger partial charge in [-0.2, -0.15) is 0 Å². The van der Waals surface area contributed by atoms with Gasteiger partial charge in [-0.25, -0.2) is 14.1 Å². The zero-order chi connectivity index (χ0) is 20.3. The molecule has 0 spiro atoms. The van der Waals surface area contributed by atoms with E-state index in [9.17, 15) is 27.2 Å². The maximum Gasteiger partial charge on any atom is 0.573 e. The van der Waals surface area contributed by atoms with Crippen LogP contribution in [0.1, 0.15) is 17.2 Å². The zero-order valence-corrected chi connectivity index (χ0v) is 14.2. The number of rotatable bonds is 4. The van der Waals surface area contributed by atoms with Crippen LogP contribution in [0.15, 0.2) is 54.6 Å². The molecule has 28 heavy (non-hydrogen) atoms. The van der Waals surface area contributed by atoms with Crippen molar-refractivity contribution in [3.05, 3.63) is 71.6 Å². The number of amides is 2. The van der Waals surface area contributed by atoms with Gasteiger partial charge in [-0.3, -0.25) is 4.79 Å². The summed E-state index contributed by atoms with van der Waals surface area (Å²) >= 11 is 0. The topological polar surface area (TPSA) is 55.8 Å². The number of carbonyl (C=O) groups excluding carboxylic acids is 2. The van der Waals surface area contributed by atoms with Crippen molar-refractivity contribution in [1.82, 2.24) is 4.90 Å². The standard InChI is InChI=1S/C19H13F4NO4/c20-14-8-5-12(6-9-14)15-11-27-18(26)24(15)17(25)10-7-13-3-1-2-4-16(13)28-19(21,22)23/h1-10,15H,11H2/b10-7+/t15-/m1/s1. The maximum atomic E-state index is 13.1. The van der Waals surface area contributed by atoms with Gasteiger partial charge in [0.1, 0.15) is 24.2 Å². The summed E-state index contributed by atoms with van der Waals surface area (Å²) in [6, 6.07) is 9.67. The predicted octanol–water partition coefficient (Wildman–Crippen LogP) is 4.46. The van der Waals surface area contributed by atoms with E-state index in [1.54, 1.807) is 0 Å². The van der Waals surface area contributed by atoms with Crippen LogP contribution in [0.4, 0.5) is 22.4 Å². The molecule has 1 saturated heterocycles. The summed E-state index contributed by atoms with van der Waals surface area (Å²) in [6.45, 7) is -0.113. The lowest BCUT2D eigenvalue weighted by atomic mass is 10.1. The molecule has 1 aliphatic rings. The number of imide groups is 1. The first-order chi connectivity index (χ1) is 13.2. The molecular formula is C19H13F4NO4. The van der Waals surface area contributed by atoms with Crippen LogP contribution in [-0.2, 0) is 9.53 Å². The molecule has 9 heteroatoms. The minimum atomic E-state index is -4.89. The van der Waals surface area contributed by atoms with Gasteiger partial charge >= 0.3 is 12.5 Å². The number of hydrogen-bond donors (Lipinski definition) is 0. The molecule has 2 amide bonds. The van der Waals surface area contributed by atoms with Crippen molar-refractivity contribution in [3.8, 4) is 5.75 Å². The van der Waals surface area contributed by atoms with E-state index >= 15 is 0 Å². The van der Waals surface area contributed by atoms with Gasteiger partial charge in [0.05, 0.1) is 0 Å². The molecule has 0 aromatic heterocycles. The number of nitrogens with zero attached hydrogens (tertiary/aromatic N) is 1. The number of cyclic esters (lactones) is 1. The van der Waals surface area contributed by atoms with Gasteiger partial charge < -0.3 is 9.47 Å². The van der Waals surface area contributed by atoms with Crippen molar-refractivity contribution in [1.29, 1.82) is 0 Å². The first-order valence-electron chi connectivity index (χ1n) is 8.03. The van der Waals surface area contributed by atoms with Crippen LogP contribution in [0.2, 0.25) is 0 Å². The largest absolute Gasteiger partial charge is 0.573 e. The molecule has 146 valence electrons. The Balaban J connectivity index is 1.81. The Labute approximate surface area is 156 Å². The quantitative estimate of drug-likeness (QED) is 0.567. The monoisotopic (exact) mass is 395 g/mol. The number of para-hydroxylation sites is 1. The average molecular weight is 395 g/mol. The van der Waals surface area contributed by atoms with Gasteiger partial charge in [-0.05, 0) is 29.8 Å². The second-order valence-corrected chi connectivity index (χ2v) is 5.77. The molecule has 0 aliphatic carbocycles. The van der Waals surface area contributed by atoms with Crippen molar-refractivity contribution in [2.24, 2.45) is 0 Å². The van der Waals surface area contributed by atoms with Crippen LogP contribution in [0.25, 0.3) is 6.08 Å². The Bertz CT molecular complexity index is 909. The lowest BCUT2D eigenvalue weighted by molar-refractivity contribution is -0.274. The molecule has 0 N–H and O–H groups in total. The highest BCUT2D eigenvalue weighted by molar-refractivity contribution is 6.02. The summed E-state index contributed by atoms with van der Waals surface area (Å²) in [7, 11) is 0. The molecule has 1 heterocycles. The van der Waals surface area contributed by atoms with Gasteiger partial charge in [0.2, 0.25) is 0 Å². The first-order valence-corrected chi connectivity index (χ1v) is 8.03. The van der Waals surface area contributed by atoms with Crippen molar-refractivity contribution < 1.29 is 36.6 Å². The molecule has 2 aromatic rings. The molecule has 1 fully saturated rings. The summed E-state index contributed by atoms with van der Waals surface area (Å²) in [6.07, 6.45) is -3.73. The molecule has 5 nitrogen and oxygen atoms in total. The van der Waals surface area contributed by atoms with E-state index in [2.05, 4.69) is 4.74 Å². The van der Waals surface area contributed by atoms with E-state index in [0.717, 1.165) is 23.1 Å². The van der Waals surface area contributed by atoms with E-state index < -0.39 is 36.0 Å². The minimum Gasteiger partial charge on any atom is -0.446 e. The smallest absolute Gasteiger partial charge is 0.446 e. The van der Waals surface area contributed by atoms with E-state index in [1.807, 2.05) is 0 Å². The molecule has 0 unspecified atom stereocenters. The molecule has 1 atom stereocenters. The lowest BCUT2D eigenvalue weighted by Gasteiger charge is -2.18. The molecule has 0 bridgehead atoms. The third-order valence-electron chi connectivity index (χ3n) is 3.92. The minimum absolute atomic E-state index is 0.000860. The van der Waals surface area contributed by atoms with Crippen molar-refractivity contribution in [3.63, 3.8) is 0 Å². The molecule has 0 radical (unpaired) electrons.